The van der Waals surface area contributed by atoms with Gasteiger partial charge in [0, 0.05) is 16.6 Å². The molecule has 1 aliphatic heterocycles. The highest BCUT2D eigenvalue weighted by Gasteiger charge is 2.16. The van der Waals surface area contributed by atoms with Crippen LogP contribution < -0.4 is 10.1 Å². The highest BCUT2D eigenvalue weighted by atomic mass is 79.9. The lowest BCUT2D eigenvalue weighted by Gasteiger charge is -2.29. The lowest BCUT2D eigenvalue weighted by Crippen LogP contribution is -2.34. The first-order valence-corrected chi connectivity index (χ1v) is 8.60. The number of nitrogens with one attached hydrogen (secondary N) is 1. The van der Waals surface area contributed by atoms with E-state index in [-0.39, 0.29) is 0 Å². The summed E-state index contributed by atoms with van der Waals surface area (Å²) in [5.41, 5.74) is 1.18. The fourth-order valence-electron chi connectivity index (χ4n) is 2.65. The predicted octanol–water partition coefficient (Wildman–Crippen LogP) is 3.65. The average Bonchev–Trinajstić information content (AvgIpc) is 2.40. The van der Waals surface area contributed by atoms with Crippen LogP contribution in [0.2, 0.25) is 0 Å². The Morgan fingerprint density at radius 2 is 2.00 bits per heavy atom. The molecule has 1 fully saturated rings. The number of halogens is 2. The van der Waals surface area contributed by atoms with Crippen LogP contribution in [-0.2, 0) is 6.54 Å². The number of likely N-dealkylation sites (tertiary alicyclic amines) is 1. The zero-order valence-corrected chi connectivity index (χ0v) is 15.3. The Balaban J connectivity index is 1.87. The van der Waals surface area contributed by atoms with E-state index in [1.165, 1.54) is 31.5 Å². The number of piperidine rings is 1. The number of methoxy groups -OCH3 is 1. The summed E-state index contributed by atoms with van der Waals surface area (Å²) in [4.78, 5) is 2.41. The van der Waals surface area contributed by atoms with Crippen LogP contribution in [0.25, 0.3) is 0 Å². The molecule has 0 saturated carbocycles. The van der Waals surface area contributed by atoms with Crippen LogP contribution in [0.4, 0.5) is 0 Å². The number of nitrogens with zero attached hydrogens (tertiary/aromatic N) is 1. The van der Waals surface area contributed by atoms with E-state index in [1.54, 1.807) is 7.11 Å². The minimum absolute atomic E-state index is 0.799. The maximum atomic E-state index is 5.47. The van der Waals surface area contributed by atoms with Gasteiger partial charge in [-0.15, -0.1) is 0 Å². The highest BCUT2D eigenvalue weighted by molar-refractivity contribution is 9.11. The van der Waals surface area contributed by atoms with Crippen LogP contribution >= 0.6 is 31.9 Å². The van der Waals surface area contributed by atoms with Gasteiger partial charge in [-0.25, -0.2) is 0 Å². The van der Waals surface area contributed by atoms with Crippen molar-refractivity contribution in [3.63, 3.8) is 0 Å². The smallest absolute Gasteiger partial charge is 0.137 e. The molecule has 1 heterocycles. The topological polar surface area (TPSA) is 24.5 Å². The molecule has 1 aliphatic rings. The second-order valence-corrected chi connectivity index (χ2v) is 7.23. The van der Waals surface area contributed by atoms with Crippen LogP contribution in [0.5, 0.6) is 5.75 Å². The third-order valence-corrected chi connectivity index (χ3v) is 4.92. The number of rotatable bonds is 5. The van der Waals surface area contributed by atoms with Gasteiger partial charge in [0.05, 0.1) is 11.6 Å². The maximum absolute atomic E-state index is 5.47. The zero-order valence-electron chi connectivity index (χ0n) is 12.1. The van der Waals surface area contributed by atoms with E-state index in [4.69, 9.17) is 4.74 Å². The summed E-state index contributed by atoms with van der Waals surface area (Å²) in [5, 5.41) is 3.58. The molecule has 1 aromatic rings. The summed E-state index contributed by atoms with van der Waals surface area (Å²) in [7, 11) is 3.92. The molecule has 20 heavy (non-hydrogen) atoms. The van der Waals surface area contributed by atoms with Gasteiger partial charge in [-0.05, 0) is 73.5 Å². The Hall–Kier alpha value is -0.100. The summed E-state index contributed by atoms with van der Waals surface area (Å²) in [6.07, 6.45) is 2.59. The van der Waals surface area contributed by atoms with E-state index >= 15 is 0 Å². The fourth-order valence-corrected chi connectivity index (χ4v) is 4.13. The Kier molecular flexibility index (Phi) is 6.33. The first-order valence-electron chi connectivity index (χ1n) is 7.01. The van der Waals surface area contributed by atoms with Crippen LogP contribution in [-0.4, -0.2) is 38.7 Å². The van der Waals surface area contributed by atoms with E-state index < -0.39 is 0 Å². The van der Waals surface area contributed by atoms with Gasteiger partial charge < -0.3 is 15.0 Å². The second-order valence-electron chi connectivity index (χ2n) is 5.46. The molecule has 0 amide bonds. The van der Waals surface area contributed by atoms with Gasteiger partial charge in [0.25, 0.3) is 0 Å². The van der Waals surface area contributed by atoms with Gasteiger partial charge in [-0.3, -0.25) is 0 Å². The van der Waals surface area contributed by atoms with Crippen molar-refractivity contribution in [2.24, 2.45) is 5.92 Å². The van der Waals surface area contributed by atoms with Crippen molar-refractivity contribution in [2.75, 3.05) is 33.8 Å². The fraction of sp³-hybridized carbons (Fsp3) is 0.600. The molecule has 1 saturated heterocycles. The van der Waals surface area contributed by atoms with E-state index in [0.29, 0.717) is 0 Å². The van der Waals surface area contributed by atoms with Crippen molar-refractivity contribution >= 4 is 31.9 Å². The predicted molar refractivity (Wildman–Crippen MR) is 90.3 cm³/mol. The first-order chi connectivity index (χ1) is 9.60. The first kappa shape index (κ1) is 16.3. The molecule has 5 heteroatoms. The van der Waals surface area contributed by atoms with Gasteiger partial charge in [0.1, 0.15) is 5.75 Å². The normalized spacial score (nSPS) is 17.4. The molecule has 1 aromatic carbocycles. The van der Waals surface area contributed by atoms with Gasteiger partial charge in [-0.2, -0.15) is 0 Å². The SMILES string of the molecule is COc1c(Br)cc(Br)cc1CNCC1CCN(C)CC1. The Labute approximate surface area is 138 Å². The highest BCUT2D eigenvalue weighted by Crippen LogP contribution is 2.32. The summed E-state index contributed by atoms with van der Waals surface area (Å²) in [6, 6.07) is 4.13. The minimum atomic E-state index is 0.799. The molecule has 3 nitrogen and oxygen atoms in total. The van der Waals surface area contributed by atoms with Crippen molar-refractivity contribution in [3.05, 3.63) is 26.6 Å². The quantitative estimate of drug-likeness (QED) is 0.808. The molecule has 2 rings (SSSR count). The number of benzene rings is 1. The van der Waals surface area contributed by atoms with Gasteiger partial charge in [0.2, 0.25) is 0 Å². The Morgan fingerprint density at radius 3 is 2.65 bits per heavy atom. The lowest BCUT2D eigenvalue weighted by molar-refractivity contribution is 0.216. The average molecular weight is 406 g/mol. The molecule has 0 unspecified atom stereocenters. The number of hydrogen-bond donors (Lipinski definition) is 1. The van der Waals surface area contributed by atoms with Crippen LogP contribution in [0.15, 0.2) is 21.1 Å². The Morgan fingerprint density at radius 1 is 1.30 bits per heavy atom. The van der Waals surface area contributed by atoms with E-state index in [0.717, 1.165) is 33.7 Å². The monoisotopic (exact) mass is 404 g/mol. The van der Waals surface area contributed by atoms with Crippen molar-refractivity contribution in [1.82, 2.24) is 10.2 Å². The zero-order chi connectivity index (χ0) is 14.5. The van der Waals surface area contributed by atoms with Crippen molar-refractivity contribution in [1.29, 1.82) is 0 Å². The van der Waals surface area contributed by atoms with Crippen molar-refractivity contribution in [2.45, 2.75) is 19.4 Å². The largest absolute Gasteiger partial charge is 0.495 e. The van der Waals surface area contributed by atoms with Crippen LogP contribution in [0, 0.1) is 5.92 Å². The standard InChI is InChI=1S/C15H22Br2N2O/c1-19-5-3-11(4-6-19)9-18-10-12-7-13(16)8-14(17)15(12)20-2/h7-8,11,18H,3-6,9-10H2,1-2H3. The summed E-state index contributed by atoms with van der Waals surface area (Å²) in [5.74, 6) is 1.72. The molecular weight excluding hydrogens is 384 g/mol. The van der Waals surface area contributed by atoms with E-state index in [9.17, 15) is 0 Å². The van der Waals surface area contributed by atoms with Gasteiger partial charge in [-0.1, -0.05) is 15.9 Å². The summed E-state index contributed by atoms with van der Waals surface area (Å²) >= 11 is 7.08. The van der Waals surface area contributed by atoms with Crippen LogP contribution in [0.3, 0.4) is 0 Å². The van der Waals surface area contributed by atoms with Crippen molar-refractivity contribution < 1.29 is 4.74 Å². The van der Waals surface area contributed by atoms with Crippen LogP contribution in [0.1, 0.15) is 18.4 Å². The third kappa shape index (κ3) is 4.45. The summed E-state index contributed by atoms with van der Waals surface area (Å²) in [6.45, 7) is 4.37. The maximum Gasteiger partial charge on any atom is 0.137 e. The number of hydrogen-bond acceptors (Lipinski definition) is 3. The lowest BCUT2D eigenvalue weighted by atomic mass is 9.97. The molecule has 0 atom stereocenters. The van der Waals surface area contributed by atoms with Crippen molar-refractivity contribution in [3.8, 4) is 5.75 Å². The molecule has 0 radical (unpaired) electrons. The van der Waals surface area contributed by atoms with Gasteiger partial charge in [0.15, 0.2) is 0 Å². The minimum Gasteiger partial charge on any atom is -0.495 e. The molecule has 0 aromatic heterocycles. The molecule has 112 valence electrons. The van der Waals surface area contributed by atoms with E-state index in [2.05, 4.69) is 55.2 Å². The molecular formula is C15H22Br2N2O. The summed E-state index contributed by atoms with van der Waals surface area (Å²) < 4.78 is 7.54. The van der Waals surface area contributed by atoms with E-state index in [1.807, 2.05) is 6.07 Å². The third-order valence-electron chi connectivity index (χ3n) is 3.88. The molecule has 1 N–H and O–H groups in total. The Bertz CT molecular complexity index is 446. The molecule has 0 aliphatic carbocycles. The second kappa shape index (κ2) is 7.78. The number of ether oxygens (including phenoxy) is 1. The molecule has 0 bridgehead atoms. The molecule has 0 spiro atoms. The van der Waals surface area contributed by atoms with Gasteiger partial charge >= 0.3 is 0 Å².